The van der Waals surface area contributed by atoms with E-state index in [1.165, 1.54) is 38.5 Å². The van der Waals surface area contributed by atoms with Crippen LogP contribution in [0.5, 0.6) is 0 Å². The van der Waals surface area contributed by atoms with Crippen LogP contribution in [-0.4, -0.2) is 6.54 Å². The summed E-state index contributed by atoms with van der Waals surface area (Å²) >= 11 is 3.32. The zero-order valence-corrected chi connectivity index (χ0v) is 12.6. The lowest BCUT2D eigenvalue weighted by Gasteiger charge is -2.10. The fourth-order valence-corrected chi connectivity index (χ4v) is 2.20. The van der Waals surface area contributed by atoms with Crippen molar-refractivity contribution in [3.63, 3.8) is 0 Å². The van der Waals surface area contributed by atoms with Crippen molar-refractivity contribution >= 4 is 15.9 Å². The third kappa shape index (κ3) is 6.27. The number of halogens is 1. The Morgan fingerprint density at radius 3 is 2.53 bits per heavy atom. The first-order chi connectivity index (χ1) is 8.24. The predicted octanol–water partition coefficient (Wildman–Crippen LogP) is 5.05. The van der Waals surface area contributed by atoms with E-state index >= 15 is 0 Å². The molecule has 0 fully saturated rings. The van der Waals surface area contributed by atoms with Crippen molar-refractivity contribution in [3.05, 3.63) is 22.6 Å². The van der Waals surface area contributed by atoms with Gasteiger partial charge in [0.2, 0.25) is 0 Å². The second-order valence-corrected chi connectivity index (χ2v) is 5.37. The van der Waals surface area contributed by atoms with Gasteiger partial charge in [-0.2, -0.15) is 0 Å². The SMILES string of the molecule is CCCCCCCCNC(C)c1ccc(Br)o1. The number of furan rings is 1. The molecular weight excluding hydrogens is 278 g/mol. The van der Waals surface area contributed by atoms with E-state index in [1.807, 2.05) is 12.1 Å². The Bertz CT molecular complexity index is 298. The van der Waals surface area contributed by atoms with Gasteiger partial charge in [-0.3, -0.25) is 0 Å². The first kappa shape index (κ1) is 14.8. The molecule has 0 bridgehead atoms. The third-order valence-corrected chi connectivity index (χ3v) is 3.43. The van der Waals surface area contributed by atoms with Gasteiger partial charge in [0, 0.05) is 0 Å². The summed E-state index contributed by atoms with van der Waals surface area (Å²) < 4.78 is 6.32. The third-order valence-electron chi connectivity index (χ3n) is 3.00. The Morgan fingerprint density at radius 2 is 1.88 bits per heavy atom. The summed E-state index contributed by atoms with van der Waals surface area (Å²) in [6, 6.07) is 4.26. The number of hydrogen-bond acceptors (Lipinski definition) is 2. The van der Waals surface area contributed by atoms with Crippen molar-refractivity contribution in [2.45, 2.75) is 58.4 Å². The molecule has 0 saturated heterocycles. The van der Waals surface area contributed by atoms with Crippen LogP contribution in [0.3, 0.4) is 0 Å². The Hall–Kier alpha value is -0.280. The normalized spacial score (nSPS) is 12.9. The maximum atomic E-state index is 5.51. The van der Waals surface area contributed by atoms with E-state index in [0.717, 1.165) is 17.0 Å². The molecule has 1 N–H and O–H groups in total. The van der Waals surface area contributed by atoms with Crippen LogP contribution in [0.2, 0.25) is 0 Å². The quantitative estimate of drug-likeness (QED) is 0.645. The Balaban J connectivity index is 2.03. The van der Waals surface area contributed by atoms with E-state index in [1.54, 1.807) is 0 Å². The lowest BCUT2D eigenvalue weighted by atomic mass is 10.1. The molecule has 0 spiro atoms. The van der Waals surface area contributed by atoms with E-state index in [4.69, 9.17) is 4.42 Å². The second kappa shape index (κ2) is 8.76. The van der Waals surface area contributed by atoms with Gasteiger partial charge in [0.05, 0.1) is 6.04 Å². The van der Waals surface area contributed by atoms with Gasteiger partial charge in [-0.25, -0.2) is 0 Å². The van der Waals surface area contributed by atoms with Gasteiger partial charge in [0.25, 0.3) is 0 Å². The molecule has 0 aliphatic heterocycles. The standard InChI is InChI=1S/C14H24BrNO/c1-3-4-5-6-7-8-11-16-12(2)13-9-10-14(15)17-13/h9-10,12,16H,3-8,11H2,1-2H3. The molecule has 1 aromatic rings. The topological polar surface area (TPSA) is 25.2 Å². The van der Waals surface area contributed by atoms with Gasteiger partial charge in [0.15, 0.2) is 4.67 Å². The molecule has 17 heavy (non-hydrogen) atoms. The number of hydrogen-bond donors (Lipinski definition) is 1. The summed E-state index contributed by atoms with van der Waals surface area (Å²) in [5.41, 5.74) is 0. The molecule has 0 aromatic carbocycles. The minimum absolute atomic E-state index is 0.303. The molecule has 1 heterocycles. The van der Waals surface area contributed by atoms with Crippen LogP contribution < -0.4 is 5.32 Å². The van der Waals surface area contributed by atoms with Crippen LogP contribution in [0.15, 0.2) is 21.2 Å². The summed E-state index contributed by atoms with van der Waals surface area (Å²) in [5, 5.41) is 3.49. The Morgan fingerprint density at radius 1 is 1.18 bits per heavy atom. The first-order valence-electron chi connectivity index (χ1n) is 6.72. The molecule has 2 nitrogen and oxygen atoms in total. The number of rotatable bonds is 9. The van der Waals surface area contributed by atoms with Gasteiger partial charge >= 0.3 is 0 Å². The van der Waals surface area contributed by atoms with Crippen molar-refractivity contribution in [1.29, 1.82) is 0 Å². The highest BCUT2D eigenvalue weighted by Gasteiger charge is 2.08. The van der Waals surface area contributed by atoms with Gasteiger partial charge in [0.1, 0.15) is 5.76 Å². The number of unbranched alkanes of at least 4 members (excludes halogenated alkanes) is 5. The molecular formula is C14H24BrNO. The largest absolute Gasteiger partial charge is 0.453 e. The smallest absolute Gasteiger partial charge is 0.169 e. The highest BCUT2D eigenvalue weighted by molar-refractivity contribution is 9.10. The zero-order valence-electron chi connectivity index (χ0n) is 11.0. The molecule has 0 saturated carbocycles. The van der Waals surface area contributed by atoms with Crippen LogP contribution in [0.1, 0.15) is 64.2 Å². The van der Waals surface area contributed by atoms with E-state index in [-0.39, 0.29) is 0 Å². The minimum Gasteiger partial charge on any atom is -0.453 e. The van der Waals surface area contributed by atoms with Crippen LogP contribution in [0.25, 0.3) is 0 Å². The highest BCUT2D eigenvalue weighted by atomic mass is 79.9. The van der Waals surface area contributed by atoms with Crippen molar-refractivity contribution in [2.24, 2.45) is 0 Å². The molecule has 0 amide bonds. The lowest BCUT2D eigenvalue weighted by molar-refractivity contribution is 0.414. The van der Waals surface area contributed by atoms with Crippen molar-refractivity contribution < 1.29 is 4.42 Å². The summed E-state index contributed by atoms with van der Waals surface area (Å²) in [6.07, 6.45) is 8.05. The van der Waals surface area contributed by atoms with Crippen molar-refractivity contribution in [3.8, 4) is 0 Å². The monoisotopic (exact) mass is 301 g/mol. The minimum atomic E-state index is 0.303. The molecule has 3 heteroatoms. The molecule has 0 aliphatic rings. The highest BCUT2D eigenvalue weighted by Crippen LogP contribution is 2.19. The Kier molecular flexibility index (Phi) is 7.62. The average molecular weight is 302 g/mol. The fourth-order valence-electron chi connectivity index (χ4n) is 1.89. The van der Waals surface area contributed by atoms with Gasteiger partial charge < -0.3 is 9.73 Å². The number of nitrogens with one attached hydrogen (secondary N) is 1. The van der Waals surface area contributed by atoms with Crippen LogP contribution in [-0.2, 0) is 0 Å². The summed E-state index contributed by atoms with van der Waals surface area (Å²) in [4.78, 5) is 0. The molecule has 0 aliphatic carbocycles. The van der Waals surface area contributed by atoms with Gasteiger partial charge in [-0.15, -0.1) is 0 Å². The maximum Gasteiger partial charge on any atom is 0.169 e. The summed E-state index contributed by atoms with van der Waals surface area (Å²) in [6.45, 7) is 5.47. The molecule has 1 atom stereocenters. The lowest BCUT2D eigenvalue weighted by Crippen LogP contribution is -2.19. The molecule has 98 valence electrons. The van der Waals surface area contributed by atoms with E-state index in [0.29, 0.717) is 6.04 Å². The van der Waals surface area contributed by atoms with Crippen LogP contribution >= 0.6 is 15.9 Å². The van der Waals surface area contributed by atoms with Gasteiger partial charge in [-0.1, -0.05) is 39.0 Å². The van der Waals surface area contributed by atoms with E-state index in [9.17, 15) is 0 Å². The first-order valence-corrected chi connectivity index (χ1v) is 7.52. The fraction of sp³-hybridized carbons (Fsp3) is 0.714. The van der Waals surface area contributed by atoms with Crippen molar-refractivity contribution in [2.75, 3.05) is 6.54 Å². The van der Waals surface area contributed by atoms with Gasteiger partial charge in [-0.05, 0) is 48.0 Å². The molecule has 0 radical (unpaired) electrons. The Labute approximate surface area is 113 Å². The summed E-state index contributed by atoms with van der Waals surface area (Å²) in [7, 11) is 0. The van der Waals surface area contributed by atoms with E-state index < -0.39 is 0 Å². The molecule has 1 rings (SSSR count). The second-order valence-electron chi connectivity index (χ2n) is 4.59. The molecule has 1 aromatic heterocycles. The maximum absolute atomic E-state index is 5.51. The summed E-state index contributed by atoms with van der Waals surface area (Å²) in [5.74, 6) is 1.00. The zero-order chi connectivity index (χ0) is 12.5. The van der Waals surface area contributed by atoms with E-state index in [2.05, 4.69) is 35.1 Å². The van der Waals surface area contributed by atoms with Crippen LogP contribution in [0.4, 0.5) is 0 Å². The molecule has 1 unspecified atom stereocenters. The van der Waals surface area contributed by atoms with Crippen LogP contribution in [0, 0.1) is 0 Å². The predicted molar refractivity (Wildman–Crippen MR) is 76.2 cm³/mol. The van der Waals surface area contributed by atoms with Crippen molar-refractivity contribution in [1.82, 2.24) is 5.32 Å². The average Bonchev–Trinajstić information content (AvgIpc) is 2.74.